The highest BCUT2D eigenvalue weighted by Gasteiger charge is 2.24. The minimum atomic E-state index is -0.0151. The van der Waals surface area contributed by atoms with E-state index in [0.29, 0.717) is 22.8 Å². The molecule has 0 unspecified atom stereocenters. The number of aromatic nitrogens is 1. The van der Waals surface area contributed by atoms with E-state index in [1.54, 1.807) is 35.6 Å². The van der Waals surface area contributed by atoms with Gasteiger partial charge in [0.2, 0.25) is 0 Å². The Hall–Kier alpha value is -2.48. The van der Waals surface area contributed by atoms with Crippen molar-refractivity contribution in [1.29, 1.82) is 0 Å². The van der Waals surface area contributed by atoms with Crippen LogP contribution in [0, 0.1) is 0 Å². The van der Waals surface area contributed by atoms with Gasteiger partial charge in [-0.2, -0.15) is 0 Å². The van der Waals surface area contributed by atoms with Gasteiger partial charge in [0.15, 0.2) is 17.5 Å². The Morgan fingerprint density at radius 3 is 2.59 bits per heavy atom. The second-order valence-corrected chi connectivity index (χ2v) is 8.65. The van der Waals surface area contributed by atoms with E-state index >= 15 is 0 Å². The zero-order valence-corrected chi connectivity index (χ0v) is 17.6. The highest BCUT2D eigenvalue weighted by molar-refractivity contribution is 7.22. The SMILES string of the molecule is CC(=O)c1ccc(NC(=O)C[NH+]2CCN(c3nc4cc(Cl)ccc4s3)CC2)cc1. The number of nitrogens with zero attached hydrogens (tertiary/aromatic N) is 2. The molecule has 1 saturated heterocycles. The quantitative estimate of drug-likeness (QED) is 0.611. The van der Waals surface area contributed by atoms with Crippen LogP contribution < -0.4 is 15.1 Å². The lowest BCUT2D eigenvalue weighted by molar-refractivity contribution is -0.892. The van der Waals surface area contributed by atoms with Gasteiger partial charge in [0.05, 0.1) is 36.4 Å². The average Bonchev–Trinajstić information content (AvgIpc) is 3.12. The number of Topliss-reactive ketones (excluding diaryl/α,β-unsaturated/α-hetero) is 1. The smallest absolute Gasteiger partial charge is 0.279 e. The van der Waals surface area contributed by atoms with Crippen molar-refractivity contribution < 1.29 is 14.5 Å². The zero-order valence-electron chi connectivity index (χ0n) is 16.1. The third kappa shape index (κ3) is 4.75. The third-order valence-corrected chi connectivity index (χ3v) is 6.40. The molecule has 2 N–H and O–H groups in total. The largest absolute Gasteiger partial charge is 0.337 e. The maximum Gasteiger partial charge on any atom is 0.279 e. The van der Waals surface area contributed by atoms with Crippen molar-refractivity contribution in [3.63, 3.8) is 0 Å². The first-order chi connectivity index (χ1) is 14.0. The van der Waals surface area contributed by atoms with Crippen LogP contribution in [-0.2, 0) is 4.79 Å². The standard InChI is InChI=1S/C21H21ClN4O2S/c1-14(27)15-2-5-17(6-3-15)23-20(28)13-25-8-10-26(11-9-25)21-24-18-12-16(22)4-7-19(18)29-21/h2-7,12H,8-11,13H2,1H3,(H,23,28)/p+1. The highest BCUT2D eigenvalue weighted by atomic mass is 35.5. The molecule has 2 aromatic carbocycles. The molecule has 1 amide bonds. The second kappa shape index (κ2) is 8.49. The van der Waals surface area contributed by atoms with Crippen molar-refractivity contribution in [3.8, 4) is 0 Å². The number of hydrogen-bond acceptors (Lipinski definition) is 5. The van der Waals surface area contributed by atoms with Gasteiger partial charge in [0.25, 0.3) is 5.91 Å². The Labute approximate surface area is 178 Å². The van der Waals surface area contributed by atoms with Crippen LogP contribution in [0.1, 0.15) is 17.3 Å². The topological polar surface area (TPSA) is 66.7 Å². The van der Waals surface area contributed by atoms with E-state index in [2.05, 4.69) is 10.2 Å². The van der Waals surface area contributed by atoms with Crippen molar-refractivity contribution in [1.82, 2.24) is 4.98 Å². The van der Waals surface area contributed by atoms with Crippen LogP contribution in [0.3, 0.4) is 0 Å². The Bertz CT molecular complexity index is 1040. The molecule has 2 heterocycles. The normalized spacial score (nSPS) is 14.9. The van der Waals surface area contributed by atoms with Crippen molar-refractivity contribution in [2.75, 3.05) is 42.9 Å². The van der Waals surface area contributed by atoms with E-state index in [0.717, 1.165) is 41.5 Å². The molecule has 0 spiro atoms. The molecule has 4 rings (SSSR count). The molecule has 1 aromatic heterocycles. The molecule has 0 bridgehead atoms. The molecule has 150 valence electrons. The summed E-state index contributed by atoms with van der Waals surface area (Å²) in [6, 6.07) is 12.8. The van der Waals surface area contributed by atoms with Gasteiger partial charge in [-0.15, -0.1) is 0 Å². The fraction of sp³-hybridized carbons (Fsp3) is 0.286. The lowest BCUT2D eigenvalue weighted by Gasteiger charge is -2.31. The van der Waals surface area contributed by atoms with Crippen LogP contribution in [0.5, 0.6) is 0 Å². The van der Waals surface area contributed by atoms with Crippen molar-refractivity contribution in [3.05, 3.63) is 53.1 Å². The van der Waals surface area contributed by atoms with E-state index in [1.807, 2.05) is 18.2 Å². The van der Waals surface area contributed by atoms with Crippen molar-refractivity contribution in [2.24, 2.45) is 0 Å². The molecule has 0 radical (unpaired) electrons. The Morgan fingerprint density at radius 2 is 1.90 bits per heavy atom. The number of benzene rings is 2. The summed E-state index contributed by atoms with van der Waals surface area (Å²) in [5.74, 6) is 0.0000648. The lowest BCUT2D eigenvalue weighted by Crippen LogP contribution is -3.15. The van der Waals surface area contributed by atoms with Gasteiger partial charge in [-0.1, -0.05) is 22.9 Å². The first kappa shape index (κ1) is 19.8. The van der Waals surface area contributed by atoms with E-state index in [-0.39, 0.29) is 11.7 Å². The number of nitrogens with one attached hydrogen (secondary N) is 2. The molecule has 1 fully saturated rings. The number of halogens is 1. The minimum absolute atomic E-state index is 0.0151. The number of rotatable bonds is 5. The van der Waals surface area contributed by atoms with Gasteiger partial charge in [-0.05, 0) is 49.4 Å². The molecule has 0 saturated carbocycles. The number of piperazine rings is 1. The van der Waals surface area contributed by atoms with Crippen LogP contribution >= 0.6 is 22.9 Å². The summed E-state index contributed by atoms with van der Waals surface area (Å²) in [7, 11) is 0. The van der Waals surface area contributed by atoms with Crippen LogP contribution in [-0.4, -0.2) is 49.4 Å². The van der Waals surface area contributed by atoms with E-state index in [1.165, 1.54) is 11.8 Å². The molecule has 0 atom stereocenters. The maximum absolute atomic E-state index is 12.4. The molecule has 1 aliphatic rings. The number of thiazole rings is 1. The Balaban J connectivity index is 1.29. The zero-order chi connectivity index (χ0) is 20.4. The van der Waals surface area contributed by atoms with E-state index in [9.17, 15) is 9.59 Å². The highest BCUT2D eigenvalue weighted by Crippen LogP contribution is 2.30. The summed E-state index contributed by atoms with van der Waals surface area (Å²) in [5.41, 5.74) is 2.29. The number of quaternary nitrogens is 1. The number of amides is 1. The van der Waals surface area contributed by atoms with Crippen LogP contribution in [0.2, 0.25) is 5.02 Å². The number of carbonyl (C=O) groups is 2. The monoisotopic (exact) mass is 429 g/mol. The van der Waals surface area contributed by atoms with Crippen LogP contribution in [0.4, 0.5) is 10.8 Å². The number of hydrogen-bond donors (Lipinski definition) is 2. The number of ketones is 1. The van der Waals surface area contributed by atoms with E-state index < -0.39 is 0 Å². The summed E-state index contributed by atoms with van der Waals surface area (Å²) in [6.07, 6.45) is 0. The summed E-state index contributed by atoms with van der Waals surface area (Å²) >= 11 is 7.73. The lowest BCUT2D eigenvalue weighted by atomic mass is 10.1. The Morgan fingerprint density at radius 1 is 1.17 bits per heavy atom. The van der Waals surface area contributed by atoms with Gasteiger partial charge < -0.3 is 15.1 Å². The molecule has 8 heteroatoms. The fourth-order valence-electron chi connectivity index (χ4n) is 3.44. The Kier molecular flexibility index (Phi) is 5.80. The average molecular weight is 430 g/mol. The van der Waals surface area contributed by atoms with Gasteiger partial charge >= 0.3 is 0 Å². The summed E-state index contributed by atoms with van der Waals surface area (Å²) in [6.45, 7) is 5.45. The first-order valence-corrected chi connectivity index (χ1v) is 10.7. The summed E-state index contributed by atoms with van der Waals surface area (Å²) in [4.78, 5) is 31.9. The molecule has 6 nitrogen and oxygen atoms in total. The van der Waals surface area contributed by atoms with Crippen LogP contribution in [0.25, 0.3) is 10.2 Å². The molecule has 1 aliphatic heterocycles. The second-order valence-electron chi connectivity index (χ2n) is 7.20. The number of fused-ring (bicyclic) bond motifs is 1. The third-order valence-electron chi connectivity index (χ3n) is 5.07. The summed E-state index contributed by atoms with van der Waals surface area (Å²) < 4.78 is 1.13. The predicted octanol–water partition coefficient (Wildman–Crippen LogP) is 2.50. The molecule has 3 aromatic rings. The number of carbonyl (C=O) groups excluding carboxylic acids is 2. The summed E-state index contributed by atoms with van der Waals surface area (Å²) in [5, 5.41) is 4.62. The maximum atomic E-state index is 12.4. The molecule has 29 heavy (non-hydrogen) atoms. The van der Waals surface area contributed by atoms with Gasteiger partial charge in [-0.3, -0.25) is 9.59 Å². The molecule has 0 aliphatic carbocycles. The molecular weight excluding hydrogens is 408 g/mol. The van der Waals surface area contributed by atoms with Crippen molar-refractivity contribution in [2.45, 2.75) is 6.92 Å². The van der Waals surface area contributed by atoms with Gasteiger partial charge in [0, 0.05) is 16.3 Å². The van der Waals surface area contributed by atoms with Crippen LogP contribution in [0.15, 0.2) is 42.5 Å². The van der Waals surface area contributed by atoms with Gasteiger partial charge in [-0.25, -0.2) is 4.98 Å². The van der Waals surface area contributed by atoms with E-state index in [4.69, 9.17) is 16.6 Å². The molecular formula is C21H22ClN4O2S+. The first-order valence-electron chi connectivity index (χ1n) is 9.53. The number of anilines is 2. The van der Waals surface area contributed by atoms with Crippen molar-refractivity contribution >= 4 is 55.7 Å². The van der Waals surface area contributed by atoms with Gasteiger partial charge in [0.1, 0.15) is 0 Å². The minimum Gasteiger partial charge on any atom is -0.337 e. The predicted molar refractivity (Wildman–Crippen MR) is 117 cm³/mol. The fourth-order valence-corrected chi connectivity index (χ4v) is 4.60.